The first-order valence-electron chi connectivity index (χ1n) is 5.39. The van der Waals surface area contributed by atoms with Crippen molar-refractivity contribution in [1.29, 1.82) is 0 Å². The number of sulfonamides is 1. The highest BCUT2D eigenvalue weighted by Gasteiger charge is 2.18. The zero-order chi connectivity index (χ0) is 14.0. The van der Waals surface area contributed by atoms with Gasteiger partial charge in [-0.25, -0.2) is 13.4 Å². The topological polar surface area (TPSA) is 85.1 Å². The third-order valence-corrected chi connectivity index (χ3v) is 4.30. The predicted molar refractivity (Wildman–Crippen MR) is 75.6 cm³/mol. The summed E-state index contributed by atoms with van der Waals surface area (Å²) in [6.45, 7) is 1.65. The highest BCUT2D eigenvalue weighted by Crippen LogP contribution is 2.22. The number of aromatic nitrogens is 1. The van der Waals surface area contributed by atoms with E-state index in [1.165, 1.54) is 18.3 Å². The van der Waals surface area contributed by atoms with Crippen LogP contribution in [0.2, 0.25) is 5.02 Å². The van der Waals surface area contributed by atoms with Crippen LogP contribution in [0.5, 0.6) is 0 Å². The highest BCUT2D eigenvalue weighted by atomic mass is 35.5. The van der Waals surface area contributed by atoms with Crippen molar-refractivity contribution in [3.05, 3.63) is 47.1 Å². The summed E-state index contributed by atoms with van der Waals surface area (Å²) in [6.07, 6.45) is 1.37. The monoisotopic (exact) mass is 297 g/mol. The van der Waals surface area contributed by atoms with Gasteiger partial charge in [-0.15, -0.1) is 0 Å². The number of hydrogen-bond donors (Lipinski definition) is 2. The number of pyridine rings is 1. The van der Waals surface area contributed by atoms with Crippen molar-refractivity contribution < 1.29 is 8.42 Å². The average Bonchev–Trinajstić information content (AvgIpc) is 2.35. The summed E-state index contributed by atoms with van der Waals surface area (Å²) in [5.74, 6) is 0.200. The number of nitrogen functional groups attached to an aromatic ring is 1. The van der Waals surface area contributed by atoms with Crippen molar-refractivity contribution in [3.8, 4) is 0 Å². The molecule has 0 amide bonds. The molecule has 3 N–H and O–H groups in total. The molecule has 5 nitrogen and oxygen atoms in total. The van der Waals surface area contributed by atoms with Crippen molar-refractivity contribution in [3.63, 3.8) is 0 Å². The molecule has 0 bridgehead atoms. The van der Waals surface area contributed by atoms with Crippen LogP contribution in [0, 0.1) is 6.92 Å². The van der Waals surface area contributed by atoms with E-state index in [2.05, 4.69) is 9.71 Å². The molecule has 0 spiro atoms. The van der Waals surface area contributed by atoms with E-state index in [-0.39, 0.29) is 10.7 Å². The van der Waals surface area contributed by atoms with E-state index in [4.69, 9.17) is 17.3 Å². The lowest BCUT2D eigenvalue weighted by atomic mass is 10.2. The number of nitrogens with two attached hydrogens (primary N) is 1. The Morgan fingerprint density at radius 1 is 1.26 bits per heavy atom. The van der Waals surface area contributed by atoms with E-state index in [1.54, 1.807) is 25.1 Å². The molecule has 0 aliphatic carbocycles. The van der Waals surface area contributed by atoms with E-state index in [1.807, 2.05) is 0 Å². The van der Waals surface area contributed by atoms with Gasteiger partial charge in [0.1, 0.15) is 5.82 Å². The number of nitrogens with zero attached hydrogens (tertiary/aromatic N) is 1. The minimum atomic E-state index is -3.71. The molecule has 7 heteroatoms. The van der Waals surface area contributed by atoms with Crippen molar-refractivity contribution >= 4 is 33.1 Å². The van der Waals surface area contributed by atoms with E-state index < -0.39 is 10.0 Å². The molecule has 0 unspecified atom stereocenters. The Hall–Kier alpha value is -1.79. The van der Waals surface area contributed by atoms with Gasteiger partial charge in [-0.05, 0) is 36.8 Å². The molecule has 0 aliphatic heterocycles. The van der Waals surface area contributed by atoms with Crippen LogP contribution in [-0.4, -0.2) is 13.4 Å². The Labute approximate surface area is 116 Å². The molecule has 0 radical (unpaired) electrons. The maximum atomic E-state index is 12.2. The van der Waals surface area contributed by atoms with Crippen molar-refractivity contribution in [2.24, 2.45) is 0 Å². The molecule has 0 aliphatic rings. The van der Waals surface area contributed by atoms with Gasteiger partial charge in [0.2, 0.25) is 0 Å². The lowest BCUT2D eigenvalue weighted by Crippen LogP contribution is -2.15. The van der Waals surface area contributed by atoms with Gasteiger partial charge in [-0.1, -0.05) is 17.7 Å². The first-order chi connectivity index (χ1) is 8.90. The lowest BCUT2D eigenvalue weighted by Gasteiger charge is -2.11. The van der Waals surface area contributed by atoms with Gasteiger partial charge in [-0.3, -0.25) is 4.72 Å². The molecular weight excluding hydrogens is 286 g/mol. The summed E-state index contributed by atoms with van der Waals surface area (Å²) in [6, 6.07) is 7.77. The van der Waals surface area contributed by atoms with Crippen LogP contribution < -0.4 is 10.5 Å². The van der Waals surface area contributed by atoms with Gasteiger partial charge in [0.25, 0.3) is 10.0 Å². The second-order valence-corrected chi connectivity index (χ2v) is 6.02. The Kier molecular flexibility index (Phi) is 3.64. The van der Waals surface area contributed by atoms with Gasteiger partial charge >= 0.3 is 0 Å². The summed E-state index contributed by atoms with van der Waals surface area (Å²) in [5.41, 5.74) is 6.63. The molecule has 0 fully saturated rings. The Morgan fingerprint density at radius 3 is 2.63 bits per heavy atom. The molecule has 1 heterocycles. The summed E-state index contributed by atoms with van der Waals surface area (Å²) < 4.78 is 26.8. The maximum Gasteiger partial charge on any atom is 0.263 e. The number of nitrogens with one attached hydrogen (secondary N) is 1. The Bertz CT molecular complexity index is 699. The maximum absolute atomic E-state index is 12.2. The molecule has 1 aromatic carbocycles. The molecule has 0 saturated carbocycles. The number of rotatable bonds is 3. The van der Waals surface area contributed by atoms with Gasteiger partial charge in [-0.2, -0.15) is 0 Å². The smallest absolute Gasteiger partial charge is 0.263 e. The summed E-state index contributed by atoms with van der Waals surface area (Å²) in [4.78, 5) is 4.02. The predicted octanol–water partition coefficient (Wildman–Crippen LogP) is 2.43. The van der Waals surface area contributed by atoms with Gasteiger partial charge in [0.15, 0.2) is 0 Å². The van der Waals surface area contributed by atoms with Crippen LogP contribution in [0.15, 0.2) is 41.4 Å². The number of halogens is 1. The third-order valence-electron chi connectivity index (χ3n) is 2.58. The van der Waals surface area contributed by atoms with Crippen LogP contribution in [-0.2, 0) is 10.0 Å². The molecule has 1 aromatic heterocycles. The summed E-state index contributed by atoms with van der Waals surface area (Å²) in [5, 5.41) is 0.433. The molecular formula is C12H12ClN3O2S. The van der Waals surface area contributed by atoms with Gasteiger partial charge < -0.3 is 5.73 Å². The van der Waals surface area contributed by atoms with Gasteiger partial charge in [0.05, 0.1) is 9.92 Å². The minimum absolute atomic E-state index is 0.129. The highest BCUT2D eigenvalue weighted by molar-refractivity contribution is 7.92. The second kappa shape index (κ2) is 5.07. The Balaban J connectivity index is 2.38. The van der Waals surface area contributed by atoms with Crippen LogP contribution in [0.1, 0.15) is 5.56 Å². The average molecular weight is 298 g/mol. The minimum Gasteiger partial charge on any atom is -0.398 e. The summed E-state index contributed by atoms with van der Waals surface area (Å²) >= 11 is 5.69. The fourth-order valence-electron chi connectivity index (χ4n) is 1.55. The van der Waals surface area contributed by atoms with Crippen LogP contribution in [0.3, 0.4) is 0 Å². The van der Waals surface area contributed by atoms with Crippen molar-refractivity contribution in [1.82, 2.24) is 4.98 Å². The van der Waals surface area contributed by atoms with E-state index in [0.717, 1.165) is 0 Å². The summed E-state index contributed by atoms with van der Waals surface area (Å²) in [7, 11) is -3.71. The fraction of sp³-hybridized carbons (Fsp3) is 0.0833. The van der Waals surface area contributed by atoms with Gasteiger partial charge in [0, 0.05) is 11.9 Å². The van der Waals surface area contributed by atoms with Crippen molar-refractivity contribution in [2.75, 3.05) is 10.5 Å². The zero-order valence-corrected chi connectivity index (χ0v) is 11.7. The molecule has 0 atom stereocenters. The first kappa shape index (κ1) is 13.6. The standard InChI is InChI=1S/C12H12ClN3O2S/c1-8-10(14)3-2-4-11(8)19(17,18)16-12-6-5-9(13)7-15-12/h2-7H,14H2,1H3,(H,15,16). The molecule has 2 rings (SSSR count). The number of hydrogen-bond acceptors (Lipinski definition) is 4. The quantitative estimate of drug-likeness (QED) is 0.852. The van der Waals surface area contributed by atoms with Crippen molar-refractivity contribution in [2.45, 2.75) is 11.8 Å². The zero-order valence-electron chi connectivity index (χ0n) is 10.1. The number of benzene rings is 1. The van der Waals surface area contributed by atoms with E-state index >= 15 is 0 Å². The first-order valence-corrected chi connectivity index (χ1v) is 7.26. The molecule has 0 saturated heterocycles. The molecule has 100 valence electrons. The normalized spacial score (nSPS) is 11.3. The fourth-order valence-corrected chi connectivity index (χ4v) is 2.95. The second-order valence-electron chi connectivity index (χ2n) is 3.94. The van der Waals surface area contributed by atoms with Crippen LogP contribution in [0.4, 0.5) is 11.5 Å². The van der Waals surface area contributed by atoms with Crippen LogP contribution >= 0.6 is 11.6 Å². The van der Waals surface area contributed by atoms with E-state index in [0.29, 0.717) is 16.3 Å². The molecule has 19 heavy (non-hydrogen) atoms. The largest absolute Gasteiger partial charge is 0.398 e. The molecule has 2 aromatic rings. The van der Waals surface area contributed by atoms with E-state index in [9.17, 15) is 8.42 Å². The number of anilines is 2. The van der Waals surface area contributed by atoms with Crippen LogP contribution in [0.25, 0.3) is 0 Å². The lowest BCUT2D eigenvalue weighted by molar-refractivity contribution is 0.600. The third kappa shape index (κ3) is 2.97. The SMILES string of the molecule is Cc1c(N)cccc1S(=O)(=O)Nc1ccc(Cl)cn1. The Morgan fingerprint density at radius 2 is 2.00 bits per heavy atom.